The monoisotopic (exact) mass is 487 g/mol. The van der Waals surface area contributed by atoms with Crippen LogP contribution in [0.2, 0.25) is 0 Å². The van der Waals surface area contributed by atoms with E-state index in [1.54, 1.807) is 0 Å². The number of aliphatic carboxylic acids is 1. The number of nitrogens with one attached hydrogen (secondary N) is 1. The third-order valence-electron chi connectivity index (χ3n) is 4.27. The first-order chi connectivity index (χ1) is 14.9. The van der Waals surface area contributed by atoms with Gasteiger partial charge in [-0.1, -0.05) is 0 Å². The largest absolute Gasteiger partial charge is 0.490 e. The van der Waals surface area contributed by atoms with Crippen molar-refractivity contribution < 1.29 is 45.4 Å². The van der Waals surface area contributed by atoms with Gasteiger partial charge >= 0.3 is 12.1 Å². The number of alkyl halides is 3. The van der Waals surface area contributed by atoms with E-state index < -0.39 is 28.0 Å². The van der Waals surface area contributed by atoms with Crippen LogP contribution in [0, 0.1) is 5.82 Å². The summed E-state index contributed by atoms with van der Waals surface area (Å²) in [5.74, 6) is -3.68. The highest BCUT2D eigenvalue weighted by atomic mass is 32.2. The molecule has 0 unspecified atom stereocenters. The van der Waals surface area contributed by atoms with Crippen LogP contribution >= 0.6 is 0 Å². The fourth-order valence-electron chi connectivity index (χ4n) is 2.57. The lowest BCUT2D eigenvalue weighted by Crippen LogP contribution is -2.48. The highest BCUT2D eigenvalue weighted by molar-refractivity contribution is 7.89. The number of nitrogens with zero attached hydrogens (tertiary/aromatic N) is 2. The number of amides is 1. The fourth-order valence-corrected chi connectivity index (χ4v) is 4.02. The predicted octanol–water partition coefficient (Wildman–Crippen LogP) is 0.783. The summed E-state index contributed by atoms with van der Waals surface area (Å²) in [5.41, 5.74) is 0.317. The molecular weight excluding hydrogens is 462 g/mol. The summed E-state index contributed by atoms with van der Waals surface area (Å²) in [5, 5.41) is 10.2. The molecule has 0 radical (unpaired) electrons. The molecule has 1 fully saturated rings. The molecule has 1 heterocycles. The maximum atomic E-state index is 13.0. The van der Waals surface area contributed by atoms with E-state index in [0.29, 0.717) is 38.3 Å². The van der Waals surface area contributed by atoms with Gasteiger partial charge in [-0.3, -0.25) is 4.79 Å². The van der Waals surface area contributed by atoms with Crippen molar-refractivity contribution in [3.05, 3.63) is 35.6 Å². The Labute approximate surface area is 183 Å². The van der Waals surface area contributed by atoms with Gasteiger partial charge in [0.2, 0.25) is 10.0 Å². The van der Waals surface area contributed by atoms with Crippen LogP contribution in [-0.2, 0) is 19.6 Å². The molecule has 0 aromatic heterocycles. The van der Waals surface area contributed by atoms with Crippen molar-refractivity contribution >= 4 is 21.9 Å². The van der Waals surface area contributed by atoms with E-state index in [1.165, 1.54) is 40.6 Å². The second-order valence-corrected chi connectivity index (χ2v) is 8.65. The van der Waals surface area contributed by atoms with Gasteiger partial charge in [0, 0.05) is 51.9 Å². The summed E-state index contributed by atoms with van der Waals surface area (Å²) in [4.78, 5) is 22.9. The first-order valence-corrected chi connectivity index (χ1v) is 11.0. The number of carbonyl (C=O) groups is 2. The number of rotatable bonds is 8. The normalized spacial score (nSPS) is 14.9. The molecule has 32 heavy (non-hydrogen) atoms. The number of benzene rings is 1. The van der Waals surface area contributed by atoms with Crippen LogP contribution in [0.5, 0.6) is 0 Å². The Morgan fingerprint density at radius 2 is 1.69 bits per heavy atom. The first-order valence-electron chi connectivity index (χ1n) is 9.41. The molecule has 2 N–H and O–H groups in total. The molecule has 1 aromatic carbocycles. The number of carboxylic acids is 1. The fraction of sp³-hybridized carbons (Fsp3) is 0.556. The van der Waals surface area contributed by atoms with Crippen LogP contribution in [-0.4, -0.2) is 99.5 Å². The van der Waals surface area contributed by atoms with Crippen LogP contribution in [0.4, 0.5) is 17.6 Å². The van der Waals surface area contributed by atoms with E-state index >= 15 is 0 Å². The van der Waals surface area contributed by atoms with Gasteiger partial charge in [0.05, 0.1) is 12.4 Å². The Hall–Kier alpha value is -2.29. The van der Waals surface area contributed by atoms with E-state index in [2.05, 4.69) is 5.32 Å². The summed E-state index contributed by atoms with van der Waals surface area (Å²) >= 11 is 0. The Balaban J connectivity index is 0.000000633. The minimum atomic E-state index is -5.08. The maximum absolute atomic E-state index is 13.0. The summed E-state index contributed by atoms with van der Waals surface area (Å²) in [6.07, 6.45) is -5.08. The lowest BCUT2D eigenvalue weighted by Gasteiger charge is -2.28. The number of carbonyl (C=O) groups excluding carboxylic acids is 1. The SMILES string of the molecule is COCCN(CCS(=O)(=O)N1CCNCC1)C(=O)c1ccc(F)cc1.O=C(O)C(F)(F)F. The van der Waals surface area contributed by atoms with Crippen LogP contribution in [0.15, 0.2) is 24.3 Å². The van der Waals surface area contributed by atoms with Crippen LogP contribution in [0.1, 0.15) is 10.4 Å². The highest BCUT2D eigenvalue weighted by Crippen LogP contribution is 2.13. The molecule has 0 bridgehead atoms. The Morgan fingerprint density at radius 3 is 2.16 bits per heavy atom. The predicted molar refractivity (Wildman–Crippen MR) is 106 cm³/mol. The van der Waals surface area contributed by atoms with Gasteiger partial charge in [0.1, 0.15) is 5.82 Å². The molecule has 1 aromatic rings. The number of sulfonamides is 1. The standard InChI is InChI=1S/C16H24FN3O4S.C2HF3O2/c1-24-12-10-19(16(21)14-2-4-15(17)5-3-14)11-13-25(22,23)20-8-6-18-7-9-20;3-2(4,5)1(6)7/h2-5,18H,6-13H2,1H3;(H,6,7). The minimum Gasteiger partial charge on any atom is -0.475 e. The molecule has 0 spiro atoms. The zero-order valence-electron chi connectivity index (χ0n) is 17.3. The molecule has 0 atom stereocenters. The van der Waals surface area contributed by atoms with E-state index in [9.17, 15) is 30.8 Å². The van der Waals surface area contributed by atoms with E-state index in [4.69, 9.17) is 14.6 Å². The maximum Gasteiger partial charge on any atom is 0.490 e. The molecule has 2 rings (SSSR count). The Kier molecular flexibility index (Phi) is 11.0. The van der Waals surface area contributed by atoms with Gasteiger partial charge in [-0.2, -0.15) is 17.5 Å². The second-order valence-electron chi connectivity index (χ2n) is 6.56. The molecule has 1 amide bonds. The third-order valence-corrected chi connectivity index (χ3v) is 6.13. The number of ether oxygens (including phenoxy) is 1. The molecule has 1 aliphatic rings. The van der Waals surface area contributed by atoms with Gasteiger partial charge in [-0.15, -0.1) is 0 Å². The summed E-state index contributed by atoms with van der Waals surface area (Å²) in [6, 6.07) is 5.20. The summed E-state index contributed by atoms with van der Waals surface area (Å²) in [7, 11) is -1.92. The van der Waals surface area contributed by atoms with Crippen molar-refractivity contribution in [1.29, 1.82) is 0 Å². The number of hydrogen-bond acceptors (Lipinski definition) is 6. The van der Waals surface area contributed by atoms with Crippen LogP contribution < -0.4 is 5.32 Å². The minimum absolute atomic E-state index is 0.0613. The van der Waals surface area contributed by atoms with Gasteiger partial charge < -0.3 is 20.1 Å². The van der Waals surface area contributed by atoms with E-state index in [-0.39, 0.29) is 24.7 Å². The van der Waals surface area contributed by atoms with Crippen molar-refractivity contribution in [2.45, 2.75) is 6.18 Å². The van der Waals surface area contributed by atoms with Crippen molar-refractivity contribution in [2.24, 2.45) is 0 Å². The second kappa shape index (κ2) is 12.7. The van der Waals surface area contributed by atoms with E-state index in [1.807, 2.05) is 0 Å². The Bertz CT molecular complexity index is 843. The van der Waals surface area contributed by atoms with Crippen LogP contribution in [0.25, 0.3) is 0 Å². The quantitative estimate of drug-likeness (QED) is 0.521. The van der Waals surface area contributed by atoms with E-state index in [0.717, 1.165) is 0 Å². The van der Waals surface area contributed by atoms with Gasteiger partial charge in [-0.05, 0) is 24.3 Å². The van der Waals surface area contributed by atoms with Crippen molar-refractivity contribution in [2.75, 3.05) is 58.7 Å². The molecule has 0 aliphatic carbocycles. The lowest BCUT2D eigenvalue weighted by molar-refractivity contribution is -0.192. The first kappa shape index (κ1) is 27.7. The highest BCUT2D eigenvalue weighted by Gasteiger charge is 2.38. The zero-order chi connectivity index (χ0) is 24.4. The number of carboxylic acid groups (broad SMARTS) is 1. The number of halogens is 4. The molecule has 14 heteroatoms. The average Bonchev–Trinajstić information content (AvgIpc) is 2.74. The molecule has 0 saturated carbocycles. The van der Waals surface area contributed by atoms with Crippen molar-refractivity contribution in [3.8, 4) is 0 Å². The third kappa shape index (κ3) is 9.46. The average molecular weight is 487 g/mol. The molecule has 1 aliphatic heterocycles. The summed E-state index contributed by atoms with van der Waals surface area (Å²) in [6.45, 7) is 2.75. The van der Waals surface area contributed by atoms with Gasteiger partial charge in [0.25, 0.3) is 5.91 Å². The van der Waals surface area contributed by atoms with Crippen LogP contribution in [0.3, 0.4) is 0 Å². The van der Waals surface area contributed by atoms with Gasteiger partial charge in [-0.25, -0.2) is 17.6 Å². The van der Waals surface area contributed by atoms with Crippen molar-refractivity contribution in [3.63, 3.8) is 0 Å². The Morgan fingerprint density at radius 1 is 1.16 bits per heavy atom. The lowest BCUT2D eigenvalue weighted by atomic mass is 10.2. The van der Waals surface area contributed by atoms with Crippen molar-refractivity contribution in [1.82, 2.24) is 14.5 Å². The summed E-state index contributed by atoms with van der Waals surface area (Å²) < 4.78 is 76.1. The molecular formula is C18H25F4N3O6S. The number of piperazine rings is 1. The molecule has 9 nitrogen and oxygen atoms in total. The number of methoxy groups -OCH3 is 1. The van der Waals surface area contributed by atoms with Gasteiger partial charge in [0.15, 0.2) is 0 Å². The zero-order valence-corrected chi connectivity index (χ0v) is 18.1. The molecule has 1 saturated heterocycles. The topological polar surface area (TPSA) is 116 Å². The smallest absolute Gasteiger partial charge is 0.475 e. The molecule has 182 valence electrons. The number of hydrogen-bond donors (Lipinski definition) is 2.